The Morgan fingerprint density at radius 3 is 2.56 bits per heavy atom. The van der Waals surface area contributed by atoms with Gasteiger partial charge in [0.05, 0.1) is 6.26 Å². The lowest BCUT2D eigenvalue weighted by molar-refractivity contribution is 0.0924. The molecule has 0 bridgehead atoms. The van der Waals surface area contributed by atoms with Crippen LogP contribution in [0.15, 0.2) is 48.5 Å². The normalized spacial score (nSPS) is 17.9. The molecule has 6 nitrogen and oxygen atoms in total. The fourth-order valence-corrected chi connectivity index (χ4v) is 4.11. The van der Waals surface area contributed by atoms with Crippen molar-refractivity contribution in [3.8, 4) is 0 Å². The molecule has 2 aromatic rings. The van der Waals surface area contributed by atoms with Crippen molar-refractivity contribution in [2.24, 2.45) is 0 Å². The molecule has 1 aliphatic heterocycles. The highest BCUT2D eigenvalue weighted by molar-refractivity contribution is 7.88. The van der Waals surface area contributed by atoms with Crippen molar-refractivity contribution < 1.29 is 13.2 Å². The second-order valence-corrected chi connectivity index (χ2v) is 8.80. The Balaban J connectivity index is 1.50. The Morgan fingerprint density at radius 2 is 1.85 bits per heavy atom. The lowest BCUT2D eigenvalue weighted by atomic mass is 9.95. The number of nitrogens with one attached hydrogen (secondary N) is 3. The summed E-state index contributed by atoms with van der Waals surface area (Å²) in [6, 6.07) is 15.3. The van der Waals surface area contributed by atoms with Gasteiger partial charge < -0.3 is 10.6 Å². The average molecular weight is 388 g/mol. The number of benzene rings is 2. The second kappa shape index (κ2) is 8.21. The van der Waals surface area contributed by atoms with Crippen molar-refractivity contribution >= 4 is 15.9 Å². The molecule has 2 aromatic carbocycles. The van der Waals surface area contributed by atoms with Gasteiger partial charge in [0.1, 0.15) is 0 Å². The molecular weight excluding hydrogens is 362 g/mol. The van der Waals surface area contributed by atoms with Gasteiger partial charge in [-0.1, -0.05) is 42.5 Å². The zero-order valence-corrected chi connectivity index (χ0v) is 16.3. The van der Waals surface area contributed by atoms with Crippen LogP contribution in [0.5, 0.6) is 0 Å². The molecule has 144 valence electrons. The zero-order chi connectivity index (χ0) is 19.4. The molecule has 0 aliphatic carbocycles. The van der Waals surface area contributed by atoms with E-state index in [0.29, 0.717) is 13.1 Å². The van der Waals surface area contributed by atoms with E-state index in [1.165, 1.54) is 0 Å². The summed E-state index contributed by atoms with van der Waals surface area (Å²) >= 11 is 0. The Labute approximate surface area is 160 Å². The van der Waals surface area contributed by atoms with Crippen LogP contribution in [-0.2, 0) is 23.0 Å². The summed E-state index contributed by atoms with van der Waals surface area (Å²) in [5.74, 6) is -0.0135. The predicted molar refractivity (Wildman–Crippen MR) is 106 cm³/mol. The molecule has 3 rings (SSSR count). The van der Waals surface area contributed by atoms with E-state index in [4.69, 9.17) is 0 Å². The number of hydrogen-bond donors (Lipinski definition) is 3. The lowest BCUT2D eigenvalue weighted by Gasteiger charge is -2.26. The van der Waals surface area contributed by atoms with Crippen LogP contribution in [0.25, 0.3) is 0 Å². The molecule has 0 saturated heterocycles. The minimum Gasteiger partial charge on any atom is -0.348 e. The highest BCUT2D eigenvalue weighted by atomic mass is 32.2. The highest BCUT2D eigenvalue weighted by Gasteiger charge is 2.23. The Bertz CT molecular complexity index is 910. The van der Waals surface area contributed by atoms with E-state index in [2.05, 4.69) is 15.4 Å². The van der Waals surface area contributed by atoms with E-state index < -0.39 is 10.0 Å². The van der Waals surface area contributed by atoms with Gasteiger partial charge in [0.25, 0.3) is 5.91 Å². The van der Waals surface area contributed by atoms with Crippen molar-refractivity contribution in [1.29, 1.82) is 0 Å². The number of hydrogen-bond acceptors (Lipinski definition) is 4. The smallest absolute Gasteiger partial charge is 0.251 e. The second-order valence-electron chi connectivity index (χ2n) is 7.02. The first-order valence-electron chi connectivity index (χ1n) is 8.97. The van der Waals surface area contributed by atoms with Crippen LogP contribution in [-0.4, -0.2) is 33.2 Å². The molecule has 1 heterocycles. The van der Waals surface area contributed by atoms with Gasteiger partial charge in [0.15, 0.2) is 0 Å². The number of carbonyl (C=O) groups is 1. The van der Waals surface area contributed by atoms with Gasteiger partial charge in [0, 0.05) is 30.7 Å². The largest absolute Gasteiger partial charge is 0.348 e. The van der Waals surface area contributed by atoms with Crippen molar-refractivity contribution in [2.45, 2.75) is 32.0 Å². The van der Waals surface area contributed by atoms with Gasteiger partial charge in [-0.25, -0.2) is 13.1 Å². The fourth-order valence-electron chi connectivity index (χ4n) is 3.33. The van der Waals surface area contributed by atoms with E-state index in [1.807, 2.05) is 55.5 Å². The average Bonchev–Trinajstić information content (AvgIpc) is 2.61. The van der Waals surface area contributed by atoms with Gasteiger partial charge >= 0.3 is 0 Å². The van der Waals surface area contributed by atoms with E-state index in [0.717, 1.165) is 34.9 Å². The van der Waals surface area contributed by atoms with Crippen LogP contribution in [0.2, 0.25) is 0 Å². The first-order valence-corrected chi connectivity index (χ1v) is 10.9. The Kier molecular flexibility index (Phi) is 5.94. The SMILES string of the molecule is C[C@@H](NS(C)(=O)=O)c1ccc(CNCC2Cc3ccccc3C(=O)N2)cc1. The predicted octanol–water partition coefficient (Wildman–Crippen LogP) is 1.74. The third-order valence-corrected chi connectivity index (χ3v) is 5.44. The summed E-state index contributed by atoms with van der Waals surface area (Å²) in [5.41, 5.74) is 3.87. The third kappa shape index (κ3) is 5.38. The van der Waals surface area contributed by atoms with Crippen LogP contribution in [0, 0.1) is 0 Å². The van der Waals surface area contributed by atoms with Crippen molar-refractivity contribution in [2.75, 3.05) is 12.8 Å². The number of sulfonamides is 1. The molecule has 2 atom stereocenters. The monoisotopic (exact) mass is 387 g/mol. The molecule has 0 fully saturated rings. The number of rotatable bonds is 7. The molecule has 0 saturated carbocycles. The van der Waals surface area contributed by atoms with Crippen LogP contribution < -0.4 is 15.4 Å². The third-order valence-electron chi connectivity index (χ3n) is 4.65. The summed E-state index contributed by atoms with van der Waals surface area (Å²) in [4.78, 5) is 12.1. The number of amides is 1. The number of fused-ring (bicyclic) bond motifs is 1. The quantitative estimate of drug-likeness (QED) is 0.675. The first-order chi connectivity index (χ1) is 12.8. The molecular formula is C20H25N3O3S. The van der Waals surface area contributed by atoms with Crippen molar-refractivity contribution in [3.05, 3.63) is 70.8 Å². The Morgan fingerprint density at radius 1 is 1.15 bits per heavy atom. The molecule has 1 unspecified atom stereocenters. The van der Waals surface area contributed by atoms with Gasteiger partial charge in [-0.3, -0.25) is 4.79 Å². The Hall–Kier alpha value is -2.22. The van der Waals surface area contributed by atoms with Crippen LogP contribution in [0.4, 0.5) is 0 Å². The summed E-state index contributed by atoms with van der Waals surface area (Å²) in [6.45, 7) is 3.19. The molecule has 27 heavy (non-hydrogen) atoms. The van der Waals surface area contributed by atoms with Gasteiger partial charge in [-0.15, -0.1) is 0 Å². The molecule has 1 amide bonds. The summed E-state index contributed by atoms with van der Waals surface area (Å²) in [5, 5.41) is 6.42. The minimum absolute atomic E-state index is 0.0135. The fraction of sp³-hybridized carbons (Fsp3) is 0.350. The van der Waals surface area contributed by atoms with Gasteiger partial charge in [-0.2, -0.15) is 0 Å². The van der Waals surface area contributed by atoms with E-state index >= 15 is 0 Å². The minimum atomic E-state index is -3.23. The first kappa shape index (κ1) is 19.5. The van der Waals surface area contributed by atoms with Crippen molar-refractivity contribution in [3.63, 3.8) is 0 Å². The lowest BCUT2D eigenvalue weighted by Crippen LogP contribution is -2.46. The molecule has 3 N–H and O–H groups in total. The maximum atomic E-state index is 12.1. The van der Waals surface area contributed by atoms with E-state index in [-0.39, 0.29) is 18.0 Å². The topological polar surface area (TPSA) is 87.3 Å². The summed E-state index contributed by atoms with van der Waals surface area (Å²) in [7, 11) is -3.23. The molecule has 1 aliphatic rings. The molecule has 0 spiro atoms. The maximum absolute atomic E-state index is 12.1. The standard InChI is InChI=1S/C20H25N3O3S/c1-14(23-27(2,25)26)16-9-7-15(8-10-16)12-21-13-18-11-17-5-3-4-6-19(17)20(24)22-18/h3-10,14,18,21,23H,11-13H2,1-2H3,(H,22,24)/t14-,18?/m1/s1. The van der Waals surface area contributed by atoms with Crippen LogP contribution in [0.3, 0.4) is 0 Å². The molecule has 0 radical (unpaired) electrons. The van der Waals surface area contributed by atoms with Gasteiger partial charge in [0.2, 0.25) is 10.0 Å². The molecule has 0 aromatic heterocycles. The molecule has 7 heteroatoms. The zero-order valence-electron chi connectivity index (χ0n) is 15.5. The van der Waals surface area contributed by atoms with Crippen LogP contribution in [0.1, 0.15) is 40.0 Å². The van der Waals surface area contributed by atoms with Crippen molar-refractivity contribution in [1.82, 2.24) is 15.4 Å². The van der Waals surface area contributed by atoms with E-state index in [9.17, 15) is 13.2 Å². The highest BCUT2D eigenvalue weighted by Crippen LogP contribution is 2.17. The van der Waals surface area contributed by atoms with E-state index in [1.54, 1.807) is 0 Å². The van der Waals surface area contributed by atoms with Gasteiger partial charge in [-0.05, 0) is 36.1 Å². The number of carbonyl (C=O) groups excluding carboxylic acids is 1. The maximum Gasteiger partial charge on any atom is 0.251 e. The summed E-state index contributed by atoms with van der Waals surface area (Å²) in [6.07, 6.45) is 1.98. The van der Waals surface area contributed by atoms with Crippen LogP contribution >= 0.6 is 0 Å². The summed E-state index contributed by atoms with van der Waals surface area (Å²) < 4.78 is 25.2.